The molecule has 1 rings (SSSR count). The summed E-state index contributed by atoms with van der Waals surface area (Å²) in [6, 6.07) is 0. The van der Waals surface area contributed by atoms with Crippen LogP contribution in [0, 0.1) is 0 Å². The van der Waals surface area contributed by atoms with Crippen LogP contribution in [0.15, 0.2) is 0 Å². The smallest absolute Gasteiger partial charge is 0.346 e. The number of hydrogen-bond donors (Lipinski definition) is 1. The van der Waals surface area contributed by atoms with Crippen molar-refractivity contribution in [2.75, 3.05) is 27.4 Å². The Labute approximate surface area is 102 Å². The van der Waals surface area contributed by atoms with Gasteiger partial charge >= 0.3 is 7.60 Å². The minimum Gasteiger partial charge on any atom is -0.353 e. The summed E-state index contributed by atoms with van der Waals surface area (Å²) in [4.78, 5) is 0. The minimum atomic E-state index is -3.19. The summed E-state index contributed by atoms with van der Waals surface area (Å²) in [7, 11) is -0.528. The van der Waals surface area contributed by atoms with Gasteiger partial charge in [-0.25, -0.2) is 0 Å². The van der Waals surface area contributed by atoms with Crippen molar-refractivity contribution in [3.05, 3.63) is 0 Å². The predicted octanol–water partition coefficient (Wildman–Crippen LogP) is 1.69. The maximum absolute atomic E-state index is 11.9. The van der Waals surface area contributed by atoms with Gasteiger partial charge in [0, 0.05) is 20.8 Å². The van der Waals surface area contributed by atoms with Crippen LogP contribution in [-0.4, -0.2) is 39.5 Å². The summed E-state index contributed by atoms with van der Waals surface area (Å²) in [5.41, 5.74) is 5.75. The van der Waals surface area contributed by atoms with Crippen LogP contribution in [0.5, 0.6) is 0 Å². The van der Waals surface area contributed by atoms with Crippen molar-refractivity contribution in [1.29, 1.82) is 0 Å². The average Bonchev–Trinajstić information content (AvgIpc) is 2.39. The molecular weight excluding hydrogens is 245 g/mol. The van der Waals surface area contributed by atoms with Gasteiger partial charge in [-0.1, -0.05) is 0 Å². The number of rotatable bonds is 7. The van der Waals surface area contributed by atoms with Crippen LogP contribution in [0.25, 0.3) is 0 Å². The minimum absolute atomic E-state index is 0.152. The fourth-order valence-electron chi connectivity index (χ4n) is 1.67. The van der Waals surface area contributed by atoms with Gasteiger partial charge in [0.2, 0.25) is 0 Å². The van der Waals surface area contributed by atoms with Gasteiger partial charge < -0.3 is 24.3 Å². The van der Waals surface area contributed by atoms with Crippen molar-refractivity contribution in [3.8, 4) is 0 Å². The molecular formula is C10H22NO5P. The Bertz CT molecular complexity index is 249. The Morgan fingerprint density at radius 3 is 2.65 bits per heavy atom. The van der Waals surface area contributed by atoms with E-state index in [1.54, 1.807) is 0 Å². The van der Waals surface area contributed by atoms with E-state index in [0.717, 1.165) is 25.9 Å². The van der Waals surface area contributed by atoms with Crippen molar-refractivity contribution in [1.82, 2.24) is 0 Å². The van der Waals surface area contributed by atoms with E-state index in [2.05, 4.69) is 0 Å². The highest BCUT2D eigenvalue weighted by Gasteiger charge is 2.30. The normalized spacial score (nSPS) is 23.6. The largest absolute Gasteiger partial charge is 0.353 e. The van der Waals surface area contributed by atoms with Crippen molar-refractivity contribution in [2.45, 2.75) is 37.8 Å². The molecule has 0 spiro atoms. The van der Waals surface area contributed by atoms with Gasteiger partial charge in [-0.2, -0.15) is 0 Å². The van der Waals surface area contributed by atoms with E-state index in [4.69, 9.17) is 24.3 Å². The summed E-state index contributed by atoms with van der Waals surface area (Å²) in [5, 5.41) is 0. The zero-order valence-electron chi connectivity index (χ0n) is 10.5. The van der Waals surface area contributed by atoms with Crippen molar-refractivity contribution < 1.29 is 23.1 Å². The van der Waals surface area contributed by atoms with Crippen LogP contribution in [0.4, 0.5) is 0 Å². The molecule has 0 aromatic heterocycles. The molecule has 0 bridgehead atoms. The van der Waals surface area contributed by atoms with Crippen LogP contribution < -0.4 is 5.73 Å². The van der Waals surface area contributed by atoms with Gasteiger partial charge in [-0.15, -0.1) is 0 Å². The van der Waals surface area contributed by atoms with E-state index in [-0.39, 0.29) is 6.29 Å². The fraction of sp³-hybridized carbons (Fsp3) is 1.00. The maximum Gasteiger partial charge on any atom is 0.346 e. The highest BCUT2D eigenvalue weighted by atomic mass is 31.2. The molecule has 1 unspecified atom stereocenters. The first-order valence-electron chi connectivity index (χ1n) is 5.82. The predicted molar refractivity (Wildman–Crippen MR) is 63.8 cm³/mol. The van der Waals surface area contributed by atoms with Crippen LogP contribution in [0.1, 0.15) is 25.7 Å². The lowest BCUT2D eigenvalue weighted by molar-refractivity contribution is -0.162. The second kappa shape index (κ2) is 7.46. The molecule has 1 fully saturated rings. The molecule has 0 amide bonds. The first kappa shape index (κ1) is 15.1. The molecule has 102 valence electrons. The van der Waals surface area contributed by atoms with E-state index in [1.165, 1.54) is 14.2 Å². The highest BCUT2D eigenvalue weighted by molar-refractivity contribution is 7.54. The molecule has 2 atom stereocenters. The highest BCUT2D eigenvalue weighted by Crippen LogP contribution is 2.50. The van der Waals surface area contributed by atoms with E-state index in [9.17, 15) is 4.57 Å². The van der Waals surface area contributed by atoms with E-state index in [0.29, 0.717) is 13.0 Å². The van der Waals surface area contributed by atoms with Gasteiger partial charge in [0.25, 0.3) is 0 Å². The Hall–Kier alpha value is 0.0300. The third-order valence-electron chi connectivity index (χ3n) is 2.77. The molecule has 6 nitrogen and oxygen atoms in total. The molecule has 0 aromatic rings. The van der Waals surface area contributed by atoms with Crippen LogP contribution in [0.2, 0.25) is 0 Å². The van der Waals surface area contributed by atoms with Gasteiger partial charge in [-0.3, -0.25) is 4.57 Å². The molecule has 17 heavy (non-hydrogen) atoms. The maximum atomic E-state index is 11.9. The Kier molecular flexibility index (Phi) is 6.62. The summed E-state index contributed by atoms with van der Waals surface area (Å²) >= 11 is 0. The SMILES string of the molecule is COP(=O)(OC)[C@H](N)CCOC1CCCCO1. The molecule has 0 saturated carbocycles. The first-order valence-corrected chi connectivity index (χ1v) is 7.43. The second-order valence-corrected chi connectivity index (χ2v) is 6.40. The topological polar surface area (TPSA) is 80.0 Å². The second-order valence-electron chi connectivity index (χ2n) is 3.93. The van der Waals surface area contributed by atoms with Crippen molar-refractivity contribution >= 4 is 7.60 Å². The molecule has 1 aliphatic heterocycles. The van der Waals surface area contributed by atoms with Gasteiger partial charge in [-0.05, 0) is 25.7 Å². The molecule has 1 heterocycles. The number of ether oxygens (including phenoxy) is 2. The first-order chi connectivity index (χ1) is 8.12. The number of hydrogen-bond acceptors (Lipinski definition) is 6. The molecule has 0 aliphatic carbocycles. The van der Waals surface area contributed by atoms with Crippen LogP contribution in [0.3, 0.4) is 0 Å². The summed E-state index contributed by atoms with van der Waals surface area (Å²) in [6.07, 6.45) is 3.37. The van der Waals surface area contributed by atoms with E-state index >= 15 is 0 Å². The Morgan fingerprint density at radius 1 is 1.41 bits per heavy atom. The lowest BCUT2D eigenvalue weighted by Gasteiger charge is -2.24. The third kappa shape index (κ3) is 4.66. The zero-order valence-corrected chi connectivity index (χ0v) is 11.4. The van der Waals surface area contributed by atoms with E-state index < -0.39 is 13.4 Å². The molecule has 0 aromatic carbocycles. The Morgan fingerprint density at radius 2 is 2.12 bits per heavy atom. The number of nitrogens with two attached hydrogens (primary N) is 1. The van der Waals surface area contributed by atoms with Gasteiger partial charge in [0.15, 0.2) is 6.29 Å². The summed E-state index contributed by atoms with van der Waals surface area (Å²) < 4.78 is 32.4. The molecule has 1 aliphatic rings. The lowest BCUT2D eigenvalue weighted by atomic mass is 10.2. The van der Waals surface area contributed by atoms with Crippen molar-refractivity contribution in [3.63, 3.8) is 0 Å². The van der Waals surface area contributed by atoms with Crippen LogP contribution >= 0.6 is 7.60 Å². The average molecular weight is 267 g/mol. The molecule has 0 radical (unpaired) electrons. The molecule has 1 saturated heterocycles. The van der Waals surface area contributed by atoms with Gasteiger partial charge in [0.05, 0.1) is 6.61 Å². The standard InChI is InChI=1S/C10H22NO5P/c1-13-17(12,14-2)9(11)6-8-16-10-5-3-4-7-15-10/h9-10H,3-8,11H2,1-2H3/t9-,10?/m0/s1. The molecule has 7 heteroatoms. The van der Waals surface area contributed by atoms with Crippen molar-refractivity contribution in [2.24, 2.45) is 5.73 Å². The molecule has 2 N–H and O–H groups in total. The zero-order chi connectivity index (χ0) is 12.7. The monoisotopic (exact) mass is 267 g/mol. The summed E-state index contributed by atoms with van der Waals surface area (Å²) in [5.74, 6) is -0.666. The lowest BCUT2D eigenvalue weighted by Crippen LogP contribution is -2.27. The quantitative estimate of drug-likeness (QED) is 0.707. The van der Waals surface area contributed by atoms with Gasteiger partial charge in [0.1, 0.15) is 5.78 Å². The third-order valence-corrected chi connectivity index (χ3v) is 4.86. The fourth-order valence-corrected chi connectivity index (χ4v) is 2.78. The van der Waals surface area contributed by atoms with Crippen LogP contribution in [-0.2, 0) is 23.1 Å². The Balaban J connectivity index is 2.23. The van der Waals surface area contributed by atoms with E-state index in [1.807, 2.05) is 0 Å². The summed E-state index contributed by atoms with van der Waals surface area (Å²) in [6.45, 7) is 1.13.